The minimum absolute atomic E-state index is 0.0000810. The third kappa shape index (κ3) is 5.68. The number of aromatic hydroxyl groups is 1. The Kier molecular flexibility index (Phi) is 8.28. The van der Waals surface area contributed by atoms with Crippen molar-refractivity contribution in [3.8, 4) is 11.5 Å². The summed E-state index contributed by atoms with van der Waals surface area (Å²) in [5.74, 6) is -0.753. The van der Waals surface area contributed by atoms with E-state index in [0.29, 0.717) is 69.0 Å². The molecule has 52 heavy (non-hydrogen) atoms. The lowest BCUT2D eigenvalue weighted by molar-refractivity contribution is -0.137. The van der Waals surface area contributed by atoms with Crippen molar-refractivity contribution in [3.05, 3.63) is 79.8 Å². The quantitative estimate of drug-likeness (QED) is 0.296. The molecule has 2 amide bonds. The minimum Gasteiger partial charge on any atom is -0.503 e. The Bertz CT molecular complexity index is 2240. The average Bonchev–Trinajstić information content (AvgIpc) is 3.85. The highest BCUT2D eigenvalue weighted by Crippen LogP contribution is 2.51. The van der Waals surface area contributed by atoms with Crippen molar-refractivity contribution < 1.29 is 37.3 Å². The van der Waals surface area contributed by atoms with Gasteiger partial charge in [0.2, 0.25) is 11.7 Å². The highest BCUT2D eigenvalue weighted by atomic mass is 35.5. The van der Waals surface area contributed by atoms with E-state index in [0.717, 1.165) is 29.3 Å². The number of nitrogens with one attached hydrogen (secondary N) is 1. The monoisotopic (exact) mass is 739 g/mol. The van der Waals surface area contributed by atoms with E-state index in [1.54, 1.807) is 15.7 Å². The van der Waals surface area contributed by atoms with E-state index in [1.165, 1.54) is 4.52 Å². The number of pyridine rings is 1. The molecule has 1 atom stereocenters. The summed E-state index contributed by atoms with van der Waals surface area (Å²) in [6, 6.07) is 2.68. The number of ether oxygens (including phenoxy) is 2. The van der Waals surface area contributed by atoms with Crippen LogP contribution in [0.4, 0.5) is 18.9 Å². The van der Waals surface area contributed by atoms with Gasteiger partial charge in [-0.3, -0.25) is 14.4 Å². The normalized spacial score (nSPS) is 19.4. The van der Waals surface area contributed by atoms with Gasteiger partial charge in [-0.15, -0.1) is 5.10 Å². The lowest BCUT2D eigenvalue weighted by atomic mass is 9.73. The zero-order valence-corrected chi connectivity index (χ0v) is 28.7. The first kappa shape index (κ1) is 34.1. The number of carbonyl (C=O) groups is 2. The lowest BCUT2D eigenvalue weighted by Gasteiger charge is -2.39. The Morgan fingerprint density at radius 1 is 1.17 bits per heavy atom. The molecule has 272 valence electrons. The Balaban J connectivity index is 1.14. The maximum Gasteiger partial charge on any atom is 0.416 e. The molecule has 8 rings (SSSR count). The smallest absolute Gasteiger partial charge is 0.416 e. The fraction of sp³-hybridized carbons (Fsp3) is 0.429. The second kappa shape index (κ2) is 12.6. The Hall–Kier alpha value is -4.96. The summed E-state index contributed by atoms with van der Waals surface area (Å²) >= 11 is 6.15. The molecule has 3 aliphatic heterocycles. The Morgan fingerprint density at radius 2 is 1.96 bits per heavy atom. The van der Waals surface area contributed by atoms with Crippen LogP contribution in [0.15, 0.2) is 35.3 Å². The fourth-order valence-electron chi connectivity index (χ4n) is 8.04. The molecule has 1 saturated heterocycles. The van der Waals surface area contributed by atoms with Gasteiger partial charge in [0.15, 0.2) is 23.0 Å². The number of rotatable bonds is 5. The maximum atomic E-state index is 14.5. The van der Waals surface area contributed by atoms with Crippen LogP contribution in [0.1, 0.15) is 77.2 Å². The SMILES string of the molecule is CC1CC2(CCN(C(=O)c3ncc4c(c3O)OCC4)CC2)c2c1n(CC(=O)Nc1ccc(C(F)(F)F)cc1Cl)c1nc(C3=CCOCC3)nn1c2=O. The summed E-state index contributed by atoms with van der Waals surface area (Å²) in [7, 11) is 0. The number of piperidine rings is 1. The van der Waals surface area contributed by atoms with Crippen LogP contribution in [-0.2, 0) is 34.1 Å². The number of aromatic nitrogens is 5. The summed E-state index contributed by atoms with van der Waals surface area (Å²) in [5.41, 5.74) is 0.583. The molecule has 1 spiro atoms. The maximum absolute atomic E-state index is 14.5. The number of likely N-dealkylation sites (tertiary alicyclic amines) is 1. The molecule has 1 aliphatic carbocycles. The number of amides is 2. The number of hydrogen-bond donors (Lipinski definition) is 2. The number of nitrogens with zero attached hydrogens (tertiary/aromatic N) is 6. The van der Waals surface area contributed by atoms with Crippen molar-refractivity contribution >= 4 is 40.5 Å². The number of hydrogen-bond acceptors (Lipinski definition) is 9. The molecule has 0 saturated carbocycles. The first-order chi connectivity index (χ1) is 24.8. The molecule has 1 unspecified atom stereocenters. The van der Waals surface area contributed by atoms with Crippen LogP contribution in [0.3, 0.4) is 0 Å². The molecule has 4 aliphatic rings. The number of benzene rings is 1. The number of halogens is 4. The van der Waals surface area contributed by atoms with E-state index in [9.17, 15) is 32.7 Å². The molecule has 3 aromatic heterocycles. The van der Waals surface area contributed by atoms with Gasteiger partial charge >= 0.3 is 6.18 Å². The summed E-state index contributed by atoms with van der Waals surface area (Å²) < 4.78 is 53.6. The van der Waals surface area contributed by atoms with Gasteiger partial charge in [0, 0.05) is 47.9 Å². The second-order valence-corrected chi connectivity index (χ2v) is 14.1. The van der Waals surface area contributed by atoms with Crippen molar-refractivity contribution in [2.45, 2.75) is 63.1 Å². The van der Waals surface area contributed by atoms with Crippen molar-refractivity contribution in [1.29, 1.82) is 0 Å². The third-order valence-electron chi connectivity index (χ3n) is 10.5. The predicted octanol–water partition coefficient (Wildman–Crippen LogP) is 4.72. The van der Waals surface area contributed by atoms with Crippen molar-refractivity contribution in [2.75, 3.05) is 38.2 Å². The van der Waals surface area contributed by atoms with Gasteiger partial charge in [-0.25, -0.2) is 4.98 Å². The van der Waals surface area contributed by atoms with Crippen molar-refractivity contribution in [3.63, 3.8) is 0 Å². The molecule has 4 aromatic rings. The average molecular weight is 740 g/mol. The van der Waals surface area contributed by atoms with E-state index >= 15 is 0 Å². The van der Waals surface area contributed by atoms with E-state index in [4.69, 9.17) is 26.1 Å². The molecule has 0 radical (unpaired) electrons. The number of carbonyl (C=O) groups excluding carboxylic acids is 2. The fourth-order valence-corrected chi connectivity index (χ4v) is 8.27. The zero-order chi connectivity index (χ0) is 36.5. The number of anilines is 1. The van der Waals surface area contributed by atoms with Crippen LogP contribution >= 0.6 is 11.6 Å². The molecule has 13 nitrogen and oxygen atoms in total. The lowest BCUT2D eigenvalue weighted by Crippen LogP contribution is -2.46. The molecular formula is C35H33ClF3N7O6. The van der Waals surface area contributed by atoms with Gasteiger partial charge < -0.3 is 29.4 Å². The molecular weight excluding hydrogens is 707 g/mol. The third-order valence-corrected chi connectivity index (χ3v) is 10.8. The van der Waals surface area contributed by atoms with E-state index < -0.39 is 29.0 Å². The molecule has 17 heteroatoms. The molecule has 2 N–H and O–H groups in total. The van der Waals surface area contributed by atoms with Crippen molar-refractivity contribution in [1.82, 2.24) is 29.0 Å². The highest BCUT2D eigenvalue weighted by molar-refractivity contribution is 6.33. The van der Waals surface area contributed by atoms with E-state index in [1.807, 2.05) is 13.0 Å². The van der Waals surface area contributed by atoms with Gasteiger partial charge in [-0.05, 0) is 55.4 Å². The van der Waals surface area contributed by atoms with Gasteiger partial charge in [-0.1, -0.05) is 24.6 Å². The first-order valence-electron chi connectivity index (χ1n) is 17.0. The topological polar surface area (TPSA) is 153 Å². The van der Waals surface area contributed by atoms with Crippen LogP contribution in [0.2, 0.25) is 5.02 Å². The summed E-state index contributed by atoms with van der Waals surface area (Å²) in [6.45, 7) is 3.42. The predicted molar refractivity (Wildman–Crippen MR) is 181 cm³/mol. The largest absolute Gasteiger partial charge is 0.503 e. The molecule has 6 heterocycles. The minimum atomic E-state index is -4.61. The zero-order valence-electron chi connectivity index (χ0n) is 27.9. The molecule has 1 aromatic carbocycles. The van der Waals surface area contributed by atoms with Crippen LogP contribution in [0.5, 0.6) is 11.5 Å². The summed E-state index contributed by atoms with van der Waals surface area (Å²) in [5, 5.41) is 17.7. The standard InChI is InChI=1S/C35H33ClF3N7O6/c1-18-15-34(7-9-44(10-8-34)32(50)26-28(48)29-20(16-40-26)6-13-52-29)25-27(18)45(17-24(47)41-23-3-2-21(14-22(23)36)35(37,38)39)33-42-30(43-46(33)31(25)49)19-4-11-51-12-5-19/h2-4,14,16,18,48H,5-13,15,17H2,1H3,(H,41,47). The summed E-state index contributed by atoms with van der Waals surface area (Å²) in [6.07, 6.45) is 1.33. The first-order valence-corrected chi connectivity index (χ1v) is 17.3. The second-order valence-electron chi connectivity index (χ2n) is 13.7. The van der Waals surface area contributed by atoms with Gasteiger partial charge in [0.25, 0.3) is 11.5 Å². The number of fused-ring (bicyclic) bond motifs is 4. The van der Waals surface area contributed by atoms with Gasteiger partial charge in [0.05, 0.1) is 36.1 Å². The van der Waals surface area contributed by atoms with Gasteiger partial charge in [-0.2, -0.15) is 22.7 Å². The number of alkyl halides is 3. The van der Waals surface area contributed by atoms with Crippen molar-refractivity contribution in [2.24, 2.45) is 0 Å². The van der Waals surface area contributed by atoms with Crippen LogP contribution < -0.4 is 15.6 Å². The Morgan fingerprint density at radius 3 is 2.67 bits per heavy atom. The van der Waals surface area contributed by atoms with Crippen LogP contribution in [0.25, 0.3) is 11.4 Å². The van der Waals surface area contributed by atoms with Crippen LogP contribution in [0, 0.1) is 0 Å². The molecule has 0 bridgehead atoms. The van der Waals surface area contributed by atoms with E-state index in [2.05, 4.69) is 15.4 Å². The van der Waals surface area contributed by atoms with Gasteiger partial charge in [0.1, 0.15) is 6.54 Å². The summed E-state index contributed by atoms with van der Waals surface area (Å²) in [4.78, 5) is 52.2. The molecule has 1 fully saturated rings. The van der Waals surface area contributed by atoms with E-state index in [-0.39, 0.29) is 64.8 Å². The Labute approximate surface area is 299 Å². The van der Waals surface area contributed by atoms with Crippen LogP contribution in [-0.4, -0.2) is 78.9 Å². The highest BCUT2D eigenvalue weighted by Gasteiger charge is 2.49.